The van der Waals surface area contributed by atoms with E-state index in [1.54, 1.807) is 12.4 Å². The largest absolute Gasteiger partial charge is 0.454 e. The molecule has 0 fully saturated rings. The van der Waals surface area contributed by atoms with Gasteiger partial charge < -0.3 is 10.5 Å². The number of rotatable bonds is 2. The maximum Gasteiger partial charge on any atom is 0.181 e. The minimum atomic E-state index is 0.556. The molecule has 0 unspecified atom stereocenters. The Labute approximate surface area is 101 Å². The monoisotopic (exact) mass is 244 g/mol. The molecule has 3 aromatic rings. The zero-order valence-electron chi connectivity index (χ0n) is 8.70. The number of benzene rings is 1. The molecule has 17 heavy (non-hydrogen) atoms. The number of anilines is 1. The Bertz CT molecular complexity index is 653. The van der Waals surface area contributed by atoms with E-state index in [1.165, 1.54) is 17.7 Å². The molecule has 0 aliphatic carbocycles. The Hall–Kier alpha value is -2.21. The Morgan fingerprint density at radius 1 is 1.12 bits per heavy atom. The number of nitrogen functional groups attached to an aromatic ring is 1. The van der Waals surface area contributed by atoms with Gasteiger partial charge in [-0.05, 0) is 12.1 Å². The van der Waals surface area contributed by atoms with E-state index >= 15 is 0 Å². The first kappa shape index (κ1) is 9.98. The highest BCUT2D eigenvalue weighted by Gasteiger charge is 2.03. The van der Waals surface area contributed by atoms with E-state index in [-0.39, 0.29) is 0 Å². The first-order valence-electron chi connectivity index (χ1n) is 4.90. The standard InChI is InChI=1S/C11H8N4OS/c12-11-15-9-2-1-7(3-10(9)17-11)16-8-4-13-6-14-5-8/h1-6H,(H2,12,15). The van der Waals surface area contributed by atoms with Crippen molar-refractivity contribution in [2.45, 2.75) is 0 Å². The number of aromatic nitrogens is 3. The van der Waals surface area contributed by atoms with Crippen molar-refractivity contribution >= 4 is 26.7 Å². The molecule has 0 atom stereocenters. The lowest BCUT2D eigenvalue weighted by Crippen LogP contribution is -1.85. The summed E-state index contributed by atoms with van der Waals surface area (Å²) in [5.74, 6) is 1.32. The van der Waals surface area contributed by atoms with Crippen LogP contribution in [0.3, 0.4) is 0 Å². The van der Waals surface area contributed by atoms with E-state index in [2.05, 4.69) is 15.0 Å². The van der Waals surface area contributed by atoms with Crippen LogP contribution in [0.5, 0.6) is 11.5 Å². The molecule has 2 aromatic heterocycles. The predicted molar refractivity (Wildman–Crippen MR) is 66.1 cm³/mol. The SMILES string of the molecule is Nc1nc2ccc(Oc3cncnc3)cc2s1. The number of ether oxygens (including phenoxy) is 1. The van der Waals surface area contributed by atoms with Crippen LogP contribution in [0.15, 0.2) is 36.9 Å². The van der Waals surface area contributed by atoms with Crippen molar-refractivity contribution in [3.63, 3.8) is 0 Å². The second kappa shape index (κ2) is 3.99. The molecule has 0 bridgehead atoms. The molecule has 0 aliphatic rings. The summed E-state index contributed by atoms with van der Waals surface area (Å²) in [7, 11) is 0. The van der Waals surface area contributed by atoms with Crippen molar-refractivity contribution in [2.75, 3.05) is 5.73 Å². The van der Waals surface area contributed by atoms with Gasteiger partial charge in [0.15, 0.2) is 10.9 Å². The van der Waals surface area contributed by atoms with Crippen LogP contribution in [-0.2, 0) is 0 Å². The Kier molecular flexibility index (Phi) is 2.34. The molecule has 84 valence electrons. The third-order valence-corrected chi connectivity index (χ3v) is 3.00. The fraction of sp³-hybridized carbons (Fsp3) is 0. The third-order valence-electron chi connectivity index (χ3n) is 2.15. The van der Waals surface area contributed by atoms with Gasteiger partial charge in [-0.15, -0.1) is 0 Å². The number of nitrogens with zero attached hydrogens (tertiary/aromatic N) is 3. The summed E-state index contributed by atoms with van der Waals surface area (Å²) in [6.07, 6.45) is 4.68. The molecular weight excluding hydrogens is 236 g/mol. The second-order valence-electron chi connectivity index (χ2n) is 3.36. The van der Waals surface area contributed by atoms with E-state index in [0.29, 0.717) is 10.9 Å². The van der Waals surface area contributed by atoms with Gasteiger partial charge >= 0.3 is 0 Å². The van der Waals surface area contributed by atoms with Crippen molar-refractivity contribution in [2.24, 2.45) is 0 Å². The number of fused-ring (bicyclic) bond motifs is 1. The van der Waals surface area contributed by atoms with Gasteiger partial charge in [0.05, 0.1) is 22.6 Å². The van der Waals surface area contributed by atoms with Gasteiger partial charge in [0.2, 0.25) is 0 Å². The molecule has 0 aliphatic heterocycles. The van der Waals surface area contributed by atoms with E-state index in [0.717, 1.165) is 16.0 Å². The highest BCUT2D eigenvalue weighted by atomic mass is 32.1. The van der Waals surface area contributed by atoms with Gasteiger partial charge in [0, 0.05) is 6.07 Å². The summed E-state index contributed by atoms with van der Waals surface area (Å²) < 4.78 is 6.61. The Balaban J connectivity index is 1.95. The van der Waals surface area contributed by atoms with E-state index in [9.17, 15) is 0 Å². The summed E-state index contributed by atoms with van der Waals surface area (Å²) >= 11 is 1.43. The van der Waals surface area contributed by atoms with Gasteiger partial charge in [0.1, 0.15) is 12.1 Å². The number of thiazole rings is 1. The normalized spacial score (nSPS) is 10.6. The minimum absolute atomic E-state index is 0.556. The molecule has 1 aromatic carbocycles. The van der Waals surface area contributed by atoms with Crippen LogP contribution in [0.25, 0.3) is 10.2 Å². The minimum Gasteiger partial charge on any atom is -0.454 e. The van der Waals surface area contributed by atoms with Gasteiger partial charge in [-0.2, -0.15) is 0 Å². The zero-order valence-corrected chi connectivity index (χ0v) is 9.52. The zero-order chi connectivity index (χ0) is 11.7. The molecule has 3 rings (SSSR count). The van der Waals surface area contributed by atoms with Gasteiger partial charge in [-0.25, -0.2) is 15.0 Å². The Morgan fingerprint density at radius 2 is 1.94 bits per heavy atom. The van der Waals surface area contributed by atoms with Crippen LogP contribution in [0.1, 0.15) is 0 Å². The van der Waals surface area contributed by atoms with Gasteiger partial charge in [-0.3, -0.25) is 0 Å². The van der Waals surface area contributed by atoms with Crippen molar-refractivity contribution in [1.29, 1.82) is 0 Å². The summed E-state index contributed by atoms with van der Waals surface area (Å²) in [6.45, 7) is 0. The maximum absolute atomic E-state index is 5.64. The molecule has 6 heteroatoms. The molecule has 0 spiro atoms. The first-order chi connectivity index (χ1) is 8.31. The van der Waals surface area contributed by atoms with E-state index in [1.807, 2.05) is 18.2 Å². The van der Waals surface area contributed by atoms with Crippen LogP contribution in [0.2, 0.25) is 0 Å². The van der Waals surface area contributed by atoms with Crippen LogP contribution in [0.4, 0.5) is 5.13 Å². The van der Waals surface area contributed by atoms with E-state index in [4.69, 9.17) is 10.5 Å². The average molecular weight is 244 g/mol. The highest BCUT2D eigenvalue weighted by Crippen LogP contribution is 2.29. The molecule has 0 saturated carbocycles. The lowest BCUT2D eigenvalue weighted by atomic mass is 10.3. The number of hydrogen-bond acceptors (Lipinski definition) is 6. The molecule has 0 radical (unpaired) electrons. The molecule has 5 nitrogen and oxygen atoms in total. The Morgan fingerprint density at radius 3 is 2.76 bits per heavy atom. The fourth-order valence-electron chi connectivity index (χ4n) is 1.46. The highest BCUT2D eigenvalue weighted by molar-refractivity contribution is 7.22. The summed E-state index contributed by atoms with van der Waals surface area (Å²) in [6, 6.07) is 5.62. The van der Waals surface area contributed by atoms with Crippen LogP contribution >= 0.6 is 11.3 Å². The van der Waals surface area contributed by atoms with Crippen LogP contribution in [0, 0.1) is 0 Å². The number of nitrogens with two attached hydrogens (primary N) is 1. The fourth-order valence-corrected chi connectivity index (χ4v) is 2.22. The lowest BCUT2D eigenvalue weighted by molar-refractivity contribution is 0.478. The van der Waals surface area contributed by atoms with Crippen molar-refractivity contribution in [3.8, 4) is 11.5 Å². The molecule has 2 N–H and O–H groups in total. The first-order valence-corrected chi connectivity index (χ1v) is 5.72. The van der Waals surface area contributed by atoms with Crippen LogP contribution in [-0.4, -0.2) is 15.0 Å². The summed E-state index contributed by atoms with van der Waals surface area (Å²) in [4.78, 5) is 11.9. The number of hydrogen-bond donors (Lipinski definition) is 1. The molecule has 0 saturated heterocycles. The van der Waals surface area contributed by atoms with Crippen LogP contribution < -0.4 is 10.5 Å². The average Bonchev–Trinajstić information content (AvgIpc) is 2.70. The van der Waals surface area contributed by atoms with Crippen molar-refractivity contribution < 1.29 is 4.74 Å². The summed E-state index contributed by atoms with van der Waals surface area (Å²) in [5.41, 5.74) is 6.52. The molecule has 0 amide bonds. The maximum atomic E-state index is 5.64. The quantitative estimate of drug-likeness (QED) is 0.749. The molecular formula is C11H8N4OS. The summed E-state index contributed by atoms with van der Waals surface area (Å²) in [5, 5.41) is 0.556. The molecule has 2 heterocycles. The lowest BCUT2D eigenvalue weighted by Gasteiger charge is -2.03. The predicted octanol–water partition coefficient (Wildman–Crippen LogP) is 2.46. The van der Waals surface area contributed by atoms with Crippen molar-refractivity contribution in [1.82, 2.24) is 15.0 Å². The third kappa shape index (κ3) is 2.02. The van der Waals surface area contributed by atoms with E-state index < -0.39 is 0 Å². The van der Waals surface area contributed by atoms with Gasteiger partial charge in [0.25, 0.3) is 0 Å². The van der Waals surface area contributed by atoms with Gasteiger partial charge in [-0.1, -0.05) is 11.3 Å². The topological polar surface area (TPSA) is 73.9 Å². The van der Waals surface area contributed by atoms with Crippen molar-refractivity contribution in [3.05, 3.63) is 36.9 Å². The second-order valence-corrected chi connectivity index (χ2v) is 4.42. The smallest absolute Gasteiger partial charge is 0.181 e.